The molecule has 0 aliphatic carbocycles. The second kappa shape index (κ2) is 8.95. The van der Waals surface area contributed by atoms with E-state index in [0.717, 1.165) is 25.4 Å². The molecule has 0 spiro atoms. The number of likely N-dealkylation sites (tertiary alicyclic amines) is 1. The predicted molar refractivity (Wildman–Crippen MR) is 114 cm³/mol. The van der Waals surface area contributed by atoms with Crippen molar-refractivity contribution >= 4 is 10.9 Å². The molecular formula is C23H27N3O4. The van der Waals surface area contributed by atoms with Gasteiger partial charge in [-0.2, -0.15) is 0 Å². The fourth-order valence-corrected chi connectivity index (χ4v) is 3.93. The van der Waals surface area contributed by atoms with Crippen molar-refractivity contribution in [2.45, 2.75) is 31.5 Å². The summed E-state index contributed by atoms with van der Waals surface area (Å²) >= 11 is 0. The Balaban J connectivity index is 1.35. The molecule has 7 nitrogen and oxygen atoms in total. The van der Waals surface area contributed by atoms with Crippen LogP contribution in [0.15, 0.2) is 59.7 Å². The molecule has 158 valence electrons. The van der Waals surface area contributed by atoms with E-state index < -0.39 is 5.60 Å². The monoisotopic (exact) mass is 409 g/mol. The number of hydrogen-bond acceptors (Lipinski definition) is 6. The van der Waals surface area contributed by atoms with Gasteiger partial charge in [-0.1, -0.05) is 24.3 Å². The lowest BCUT2D eigenvalue weighted by Gasteiger charge is -2.38. The van der Waals surface area contributed by atoms with E-state index in [-0.39, 0.29) is 18.7 Å². The van der Waals surface area contributed by atoms with Gasteiger partial charge in [-0.15, -0.1) is 0 Å². The zero-order valence-corrected chi connectivity index (χ0v) is 16.9. The van der Waals surface area contributed by atoms with Crippen LogP contribution in [0.4, 0.5) is 0 Å². The molecule has 0 radical (unpaired) electrons. The number of ether oxygens (including phenoxy) is 1. The summed E-state index contributed by atoms with van der Waals surface area (Å²) in [6.07, 6.45) is 2.74. The molecule has 2 N–H and O–H groups in total. The van der Waals surface area contributed by atoms with Gasteiger partial charge in [0.05, 0.1) is 36.0 Å². The summed E-state index contributed by atoms with van der Waals surface area (Å²) in [6.45, 7) is 2.87. The third kappa shape index (κ3) is 4.70. The lowest BCUT2D eigenvalue weighted by atomic mass is 9.91. The molecule has 1 fully saturated rings. The molecule has 0 unspecified atom stereocenters. The molecule has 2 heterocycles. The molecule has 1 aromatic heterocycles. The predicted octanol–water partition coefficient (Wildman–Crippen LogP) is 1.79. The summed E-state index contributed by atoms with van der Waals surface area (Å²) in [6, 6.07) is 15.1. The SMILES string of the molecule is O=c1c2ccccc2ncn1CC1(O)CCN(Cc2ccc(OCCO)cc2)CC1. The third-order valence-electron chi connectivity index (χ3n) is 5.67. The minimum absolute atomic E-state index is 0.000169. The Morgan fingerprint density at radius 3 is 2.53 bits per heavy atom. The lowest BCUT2D eigenvalue weighted by Crippen LogP contribution is -2.47. The molecule has 1 aliphatic heterocycles. The largest absolute Gasteiger partial charge is 0.491 e. The van der Waals surface area contributed by atoms with Crippen molar-refractivity contribution in [1.82, 2.24) is 14.5 Å². The van der Waals surface area contributed by atoms with Gasteiger partial charge >= 0.3 is 0 Å². The normalized spacial score (nSPS) is 16.6. The first-order valence-electron chi connectivity index (χ1n) is 10.3. The van der Waals surface area contributed by atoms with Gasteiger partial charge in [0.2, 0.25) is 0 Å². The first kappa shape index (κ1) is 20.5. The molecule has 30 heavy (non-hydrogen) atoms. The molecule has 4 rings (SSSR count). The molecule has 1 saturated heterocycles. The summed E-state index contributed by atoms with van der Waals surface area (Å²) < 4.78 is 6.92. The maximum atomic E-state index is 12.7. The number of aliphatic hydroxyl groups excluding tert-OH is 1. The van der Waals surface area contributed by atoms with Crippen LogP contribution in [0.2, 0.25) is 0 Å². The van der Waals surface area contributed by atoms with Gasteiger partial charge < -0.3 is 14.9 Å². The Morgan fingerprint density at radius 1 is 1.07 bits per heavy atom. The van der Waals surface area contributed by atoms with Gasteiger partial charge in [-0.25, -0.2) is 4.98 Å². The number of aliphatic hydroxyl groups is 2. The lowest BCUT2D eigenvalue weighted by molar-refractivity contribution is -0.0364. The summed E-state index contributed by atoms with van der Waals surface area (Å²) in [5.74, 6) is 0.746. The third-order valence-corrected chi connectivity index (χ3v) is 5.67. The van der Waals surface area contributed by atoms with Crippen LogP contribution in [0, 0.1) is 0 Å². The van der Waals surface area contributed by atoms with E-state index in [2.05, 4.69) is 9.88 Å². The maximum absolute atomic E-state index is 12.7. The van der Waals surface area contributed by atoms with Crippen LogP contribution in [-0.2, 0) is 13.1 Å². The van der Waals surface area contributed by atoms with Crippen LogP contribution in [0.1, 0.15) is 18.4 Å². The number of fused-ring (bicyclic) bond motifs is 1. The van der Waals surface area contributed by atoms with Gasteiger partial charge in [0, 0.05) is 19.6 Å². The Labute approximate surface area is 175 Å². The standard InChI is InChI=1S/C23H27N3O4/c27-13-14-30-19-7-5-18(6-8-19)15-25-11-9-23(29,10-12-25)16-26-17-24-21-4-2-1-3-20(21)22(26)28/h1-8,17,27,29H,9-16H2. The van der Waals surface area contributed by atoms with Crippen molar-refractivity contribution in [3.63, 3.8) is 0 Å². The van der Waals surface area contributed by atoms with Crippen LogP contribution < -0.4 is 10.3 Å². The second-order valence-corrected chi connectivity index (χ2v) is 7.91. The van der Waals surface area contributed by atoms with E-state index in [1.807, 2.05) is 42.5 Å². The summed E-state index contributed by atoms with van der Waals surface area (Å²) in [5, 5.41) is 20.5. The summed E-state index contributed by atoms with van der Waals surface area (Å²) in [7, 11) is 0. The van der Waals surface area contributed by atoms with E-state index in [1.54, 1.807) is 6.07 Å². The van der Waals surface area contributed by atoms with Crippen molar-refractivity contribution in [3.05, 3.63) is 70.8 Å². The average Bonchev–Trinajstić information content (AvgIpc) is 2.77. The smallest absolute Gasteiger partial charge is 0.261 e. The molecule has 1 aliphatic rings. The Morgan fingerprint density at radius 2 is 1.80 bits per heavy atom. The Kier molecular flexibility index (Phi) is 6.13. The van der Waals surface area contributed by atoms with E-state index in [1.165, 1.54) is 16.5 Å². The van der Waals surface area contributed by atoms with Crippen LogP contribution in [0.5, 0.6) is 5.75 Å². The van der Waals surface area contributed by atoms with E-state index >= 15 is 0 Å². The average molecular weight is 409 g/mol. The highest BCUT2D eigenvalue weighted by Crippen LogP contribution is 2.25. The Hall–Kier alpha value is -2.74. The van der Waals surface area contributed by atoms with Crippen molar-refractivity contribution in [3.8, 4) is 5.75 Å². The van der Waals surface area contributed by atoms with Crippen molar-refractivity contribution in [1.29, 1.82) is 0 Å². The molecule has 0 atom stereocenters. The molecule has 0 amide bonds. The number of para-hydroxylation sites is 1. The summed E-state index contributed by atoms with van der Waals surface area (Å²) in [4.78, 5) is 19.4. The number of piperidine rings is 1. The first-order chi connectivity index (χ1) is 14.6. The fourth-order valence-electron chi connectivity index (χ4n) is 3.93. The topological polar surface area (TPSA) is 87.8 Å². The van der Waals surface area contributed by atoms with Crippen LogP contribution in [-0.4, -0.2) is 56.6 Å². The van der Waals surface area contributed by atoms with Gasteiger partial charge in [-0.05, 0) is 42.7 Å². The Bertz CT molecular complexity index is 1040. The quantitative estimate of drug-likeness (QED) is 0.619. The fraction of sp³-hybridized carbons (Fsp3) is 0.391. The van der Waals surface area contributed by atoms with Crippen LogP contribution >= 0.6 is 0 Å². The molecule has 7 heteroatoms. The van der Waals surface area contributed by atoms with Gasteiger partial charge in [0.1, 0.15) is 12.4 Å². The zero-order chi connectivity index (χ0) is 21.0. The maximum Gasteiger partial charge on any atom is 0.261 e. The van der Waals surface area contributed by atoms with Crippen LogP contribution in [0.25, 0.3) is 10.9 Å². The second-order valence-electron chi connectivity index (χ2n) is 7.91. The van der Waals surface area contributed by atoms with Gasteiger partial charge in [0.15, 0.2) is 0 Å². The molecule has 2 aromatic carbocycles. The number of hydrogen-bond donors (Lipinski definition) is 2. The minimum Gasteiger partial charge on any atom is -0.491 e. The number of nitrogens with zero attached hydrogens (tertiary/aromatic N) is 3. The number of rotatable bonds is 7. The first-order valence-corrected chi connectivity index (χ1v) is 10.3. The van der Waals surface area contributed by atoms with E-state index in [9.17, 15) is 9.90 Å². The summed E-state index contributed by atoms with van der Waals surface area (Å²) in [5.41, 5.74) is 0.826. The highest BCUT2D eigenvalue weighted by atomic mass is 16.5. The molecule has 3 aromatic rings. The zero-order valence-electron chi connectivity index (χ0n) is 16.9. The van der Waals surface area contributed by atoms with Crippen LogP contribution in [0.3, 0.4) is 0 Å². The highest BCUT2D eigenvalue weighted by Gasteiger charge is 2.33. The highest BCUT2D eigenvalue weighted by molar-refractivity contribution is 5.76. The number of benzene rings is 2. The minimum atomic E-state index is -0.910. The number of aromatic nitrogens is 2. The van der Waals surface area contributed by atoms with Crippen molar-refractivity contribution < 1.29 is 14.9 Å². The van der Waals surface area contributed by atoms with Gasteiger partial charge in [0.25, 0.3) is 5.56 Å². The van der Waals surface area contributed by atoms with E-state index in [4.69, 9.17) is 9.84 Å². The van der Waals surface area contributed by atoms with E-state index in [0.29, 0.717) is 30.4 Å². The van der Waals surface area contributed by atoms with Gasteiger partial charge in [-0.3, -0.25) is 14.3 Å². The molecule has 0 bridgehead atoms. The molecule has 0 saturated carbocycles. The molecular weight excluding hydrogens is 382 g/mol. The van der Waals surface area contributed by atoms with Crippen molar-refractivity contribution in [2.75, 3.05) is 26.3 Å². The van der Waals surface area contributed by atoms with Crippen molar-refractivity contribution in [2.24, 2.45) is 0 Å².